The first-order chi connectivity index (χ1) is 16.2. The fourth-order valence-corrected chi connectivity index (χ4v) is 3.65. The molecule has 0 radical (unpaired) electrons. The van der Waals surface area contributed by atoms with Gasteiger partial charge in [0.1, 0.15) is 6.04 Å². The summed E-state index contributed by atoms with van der Waals surface area (Å²) in [5, 5.41) is 16.6. The Hall–Kier alpha value is -3.29. The van der Waals surface area contributed by atoms with Gasteiger partial charge in [-0.3, -0.25) is 34.4 Å². The average molecular weight is 513 g/mol. The van der Waals surface area contributed by atoms with Crippen LogP contribution in [-0.2, 0) is 14.4 Å². The second-order valence-corrected chi connectivity index (χ2v) is 7.90. The van der Waals surface area contributed by atoms with E-state index in [1.54, 1.807) is 0 Å². The molecule has 0 spiro atoms. The predicted octanol–water partition coefficient (Wildman–Crippen LogP) is 0.223. The fraction of sp³-hybridized carbons (Fsp3) is 0.524. The number of nitrogens with two attached hydrogens (primary N) is 3. The average Bonchev–Trinajstić information content (AvgIpc) is 3.34. The maximum atomic E-state index is 13.3. The Labute approximate surface area is 209 Å². The van der Waals surface area contributed by atoms with E-state index in [4.69, 9.17) is 17.2 Å². The van der Waals surface area contributed by atoms with Crippen LogP contribution in [0.15, 0.2) is 29.3 Å². The number of nitrogens with one attached hydrogen (secondary N) is 2. The fourth-order valence-electron chi connectivity index (χ4n) is 3.65. The van der Waals surface area contributed by atoms with E-state index in [1.165, 1.54) is 24.3 Å². The summed E-state index contributed by atoms with van der Waals surface area (Å²) in [6, 6.07) is 3.59. The van der Waals surface area contributed by atoms with Crippen molar-refractivity contribution in [1.82, 2.24) is 10.2 Å². The van der Waals surface area contributed by atoms with Crippen LogP contribution in [0.2, 0.25) is 0 Å². The number of halogens is 1. The number of nitro groups is 1. The number of amides is 3. The number of nitrogens with zero attached hydrogens (tertiary/aromatic N) is 3. The largest absolute Gasteiger partial charge is 0.370 e. The summed E-state index contributed by atoms with van der Waals surface area (Å²) in [6.45, 7) is 1.12. The number of guanidine groups is 1. The number of rotatable bonds is 12. The van der Waals surface area contributed by atoms with E-state index in [-0.39, 0.29) is 50.0 Å². The molecule has 2 atom stereocenters. The zero-order chi connectivity index (χ0) is 25.1. The molecule has 3 amide bonds. The summed E-state index contributed by atoms with van der Waals surface area (Å²) >= 11 is 0. The molecule has 14 heteroatoms. The van der Waals surface area contributed by atoms with Gasteiger partial charge in [0.05, 0.1) is 11.0 Å². The standard InChI is InChI=1S/C21H32N8O5.ClH/c22-11-1-6-18(30)28(20(32)16-4-2-12-25-16)17(5-3-13-26-21(23)24)19(31)27-14-7-9-15(10-8-14)29(33)34;/h7-10,16-17,25H,1-6,11-13,22H2,(H,27,31)(H4,23,24,26);1H/t16-,17-;/m0./s1. The zero-order valence-electron chi connectivity index (χ0n) is 19.4. The van der Waals surface area contributed by atoms with Gasteiger partial charge in [-0.25, -0.2) is 0 Å². The lowest BCUT2D eigenvalue weighted by atomic mass is 10.0. The first-order valence-electron chi connectivity index (χ1n) is 11.1. The molecular formula is C21H33ClN8O5. The van der Waals surface area contributed by atoms with Gasteiger partial charge < -0.3 is 27.8 Å². The van der Waals surface area contributed by atoms with Gasteiger partial charge in [0.2, 0.25) is 17.7 Å². The molecule has 35 heavy (non-hydrogen) atoms. The predicted molar refractivity (Wildman–Crippen MR) is 134 cm³/mol. The molecule has 1 aromatic rings. The maximum Gasteiger partial charge on any atom is 0.269 e. The Kier molecular flexibility index (Phi) is 12.6. The van der Waals surface area contributed by atoms with Crippen LogP contribution in [0.3, 0.4) is 0 Å². The van der Waals surface area contributed by atoms with Crippen molar-refractivity contribution < 1.29 is 19.3 Å². The molecule has 1 aliphatic heterocycles. The van der Waals surface area contributed by atoms with Gasteiger partial charge in [0.15, 0.2) is 5.96 Å². The molecule has 0 aliphatic carbocycles. The molecule has 0 unspecified atom stereocenters. The van der Waals surface area contributed by atoms with Gasteiger partial charge in [-0.15, -0.1) is 12.4 Å². The van der Waals surface area contributed by atoms with E-state index in [0.717, 1.165) is 11.3 Å². The van der Waals surface area contributed by atoms with Crippen LogP contribution in [0, 0.1) is 10.1 Å². The Morgan fingerprint density at radius 2 is 1.91 bits per heavy atom. The van der Waals surface area contributed by atoms with Crippen molar-refractivity contribution in [2.75, 3.05) is 25.0 Å². The maximum absolute atomic E-state index is 13.3. The van der Waals surface area contributed by atoms with Crippen molar-refractivity contribution in [3.63, 3.8) is 0 Å². The molecule has 2 rings (SSSR count). The first kappa shape index (κ1) is 29.7. The number of non-ortho nitro benzene ring substituents is 1. The monoisotopic (exact) mass is 512 g/mol. The molecular weight excluding hydrogens is 480 g/mol. The van der Waals surface area contributed by atoms with Gasteiger partial charge in [0, 0.05) is 30.8 Å². The van der Waals surface area contributed by atoms with Gasteiger partial charge in [0.25, 0.3) is 5.69 Å². The van der Waals surface area contributed by atoms with Crippen LogP contribution in [0.5, 0.6) is 0 Å². The number of anilines is 1. The third-order valence-corrected chi connectivity index (χ3v) is 5.35. The van der Waals surface area contributed by atoms with Gasteiger partial charge in [-0.1, -0.05) is 0 Å². The Morgan fingerprint density at radius 1 is 1.23 bits per heavy atom. The van der Waals surface area contributed by atoms with Gasteiger partial charge in [-0.2, -0.15) is 0 Å². The van der Waals surface area contributed by atoms with E-state index in [0.29, 0.717) is 31.5 Å². The number of hydrogen-bond donors (Lipinski definition) is 5. The summed E-state index contributed by atoms with van der Waals surface area (Å²) in [5.41, 5.74) is 16.4. The highest BCUT2D eigenvalue weighted by atomic mass is 35.5. The number of aliphatic imine (C=N–C) groups is 1. The summed E-state index contributed by atoms with van der Waals surface area (Å²) in [4.78, 5) is 54.9. The number of benzene rings is 1. The second kappa shape index (κ2) is 14.9. The smallest absolute Gasteiger partial charge is 0.269 e. The van der Waals surface area contributed by atoms with Crippen LogP contribution < -0.4 is 27.8 Å². The molecule has 1 saturated heterocycles. The van der Waals surface area contributed by atoms with Crippen molar-refractivity contribution in [3.05, 3.63) is 34.4 Å². The summed E-state index contributed by atoms with van der Waals surface area (Å²) in [6.07, 6.45) is 2.19. The summed E-state index contributed by atoms with van der Waals surface area (Å²) in [7, 11) is 0. The minimum Gasteiger partial charge on any atom is -0.370 e. The third-order valence-electron chi connectivity index (χ3n) is 5.35. The van der Waals surface area contributed by atoms with E-state index in [1.807, 2.05) is 0 Å². The Bertz CT molecular complexity index is 901. The van der Waals surface area contributed by atoms with Crippen LogP contribution in [0.1, 0.15) is 38.5 Å². The van der Waals surface area contributed by atoms with E-state index >= 15 is 0 Å². The van der Waals surface area contributed by atoms with Crippen LogP contribution in [0.4, 0.5) is 11.4 Å². The number of imide groups is 1. The summed E-state index contributed by atoms with van der Waals surface area (Å²) in [5.74, 6) is -1.65. The Morgan fingerprint density at radius 3 is 2.46 bits per heavy atom. The molecule has 0 saturated carbocycles. The number of carbonyl (C=O) groups excluding carboxylic acids is 3. The quantitative estimate of drug-likeness (QED) is 0.0850. The van der Waals surface area contributed by atoms with E-state index in [9.17, 15) is 24.5 Å². The van der Waals surface area contributed by atoms with Crippen molar-refractivity contribution >= 4 is 47.5 Å². The van der Waals surface area contributed by atoms with Gasteiger partial charge >= 0.3 is 0 Å². The van der Waals surface area contributed by atoms with Crippen LogP contribution in [0.25, 0.3) is 0 Å². The number of nitro benzene ring substituents is 1. The number of carbonyl (C=O) groups is 3. The normalized spacial score (nSPS) is 15.4. The molecule has 0 aromatic heterocycles. The van der Waals surface area contributed by atoms with Crippen molar-refractivity contribution in [3.8, 4) is 0 Å². The molecule has 194 valence electrons. The van der Waals surface area contributed by atoms with Crippen molar-refractivity contribution in [2.24, 2.45) is 22.2 Å². The Balaban J connectivity index is 0.00000612. The number of hydrogen-bond acceptors (Lipinski definition) is 8. The lowest BCUT2D eigenvalue weighted by molar-refractivity contribution is -0.384. The van der Waals surface area contributed by atoms with Crippen molar-refractivity contribution in [1.29, 1.82) is 0 Å². The lowest BCUT2D eigenvalue weighted by Gasteiger charge is -2.31. The molecule has 1 aliphatic rings. The molecule has 1 aromatic carbocycles. The first-order valence-corrected chi connectivity index (χ1v) is 11.1. The molecule has 13 nitrogen and oxygen atoms in total. The molecule has 8 N–H and O–H groups in total. The van der Waals surface area contributed by atoms with Gasteiger partial charge in [-0.05, 0) is 57.3 Å². The second-order valence-electron chi connectivity index (χ2n) is 7.90. The minimum absolute atomic E-state index is 0. The molecule has 0 bridgehead atoms. The highest BCUT2D eigenvalue weighted by molar-refractivity contribution is 6.05. The highest BCUT2D eigenvalue weighted by Crippen LogP contribution is 2.20. The minimum atomic E-state index is -1.12. The molecule has 1 heterocycles. The van der Waals surface area contributed by atoms with Crippen LogP contribution >= 0.6 is 12.4 Å². The topological polar surface area (TPSA) is 212 Å². The molecule has 1 fully saturated rings. The highest BCUT2D eigenvalue weighted by Gasteiger charge is 2.38. The van der Waals surface area contributed by atoms with Crippen molar-refractivity contribution in [2.45, 2.75) is 50.6 Å². The SMILES string of the molecule is Cl.NCCCC(=O)N(C(=O)[C@@H]1CCCN1)[C@@H](CCCN=C(N)N)C(=O)Nc1ccc([N+](=O)[O-])cc1. The van der Waals surface area contributed by atoms with E-state index < -0.39 is 34.7 Å². The zero-order valence-corrected chi connectivity index (χ0v) is 20.2. The van der Waals surface area contributed by atoms with E-state index in [2.05, 4.69) is 15.6 Å². The summed E-state index contributed by atoms with van der Waals surface area (Å²) < 4.78 is 0. The van der Waals surface area contributed by atoms with Crippen LogP contribution in [-0.4, -0.2) is 65.2 Å². The lowest BCUT2D eigenvalue weighted by Crippen LogP contribution is -2.55. The third kappa shape index (κ3) is 9.11.